The Hall–Kier alpha value is -4.46. The van der Waals surface area contributed by atoms with E-state index in [9.17, 15) is 9.35 Å². The van der Waals surface area contributed by atoms with Gasteiger partial charge in [0, 0.05) is 44.3 Å². The van der Waals surface area contributed by atoms with E-state index in [4.69, 9.17) is 9.47 Å². The summed E-state index contributed by atoms with van der Waals surface area (Å²) in [4.78, 5) is 28.0. The molecule has 3 heterocycles. The van der Waals surface area contributed by atoms with Crippen LogP contribution in [0.5, 0.6) is 11.5 Å². The van der Waals surface area contributed by atoms with Gasteiger partial charge in [-0.15, -0.1) is 8.28 Å². The number of pyridine rings is 1. The van der Waals surface area contributed by atoms with Crippen molar-refractivity contribution in [1.29, 1.82) is 0 Å². The molecule has 5 rings (SSSR count). The van der Waals surface area contributed by atoms with Crippen molar-refractivity contribution in [3.8, 4) is 17.2 Å². The van der Waals surface area contributed by atoms with E-state index in [1.807, 2.05) is 0 Å². The molecule has 206 valence electrons. The highest BCUT2D eigenvalue weighted by Crippen LogP contribution is 2.38. The van der Waals surface area contributed by atoms with Crippen molar-refractivity contribution in [3.05, 3.63) is 95.6 Å². The summed E-state index contributed by atoms with van der Waals surface area (Å²) in [7, 11) is 6.18. The molecule has 0 aliphatic carbocycles. The first-order valence-electron chi connectivity index (χ1n) is 12.0. The molecule has 1 unspecified atom stereocenters. The van der Waals surface area contributed by atoms with Gasteiger partial charge in [0.05, 0.1) is 55.4 Å². The lowest BCUT2D eigenvalue weighted by atomic mass is 10.1. The van der Waals surface area contributed by atoms with Crippen molar-refractivity contribution in [2.45, 2.75) is 6.54 Å². The second-order valence-corrected chi connectivity index (χ2v) is 10.4. The Kier molecular flexibility index (Phi) is 7.69. The summed E-state index contributed by atoms with van der Waals surface area (Å²) in [6.07, 6.45) is 7.74. The lowest BCUT2D eigenvalue weighted by Crippen LogP contribution is -2.31. The molecule has 2 aromatic carbocycles. The molecule has 1 atom stereocenters. The van der Waals surface area contributed by atoms with E-state index in [0.717, 1.165) is 0 Å². The highest BCUT2D eigenvalue weighted by Gasteiger charge is 2.25. The van der Waals surface area contributed by atoms with Crippen LogP contribution in [0.2, 0.25) is 0 Å². The molecule has 0 aliphatic rings. The Morgan fingerprint density at radius 1 is 1.02 bits per heavy atom. The largest absolute Gasteiger partial charge is 0.573 e. The van der Waals surface area contributed by atoms with E-state index >= 15 is 4.39 Å². The first kappa shape index (κ1) is 27.1. The maximum atomic E-state index is 15.8. The minimum Gasteiger partial charge on any atom is -0.573 e. The number of anilines is 2. The van der Waals surface area contributed by atoms with Crippen molar-refractivity contribution >= 4 is 33.8 Å². The van der Waals surface area contributed by atoms with E-state index in [-0.39, 0.29) is 23.5 Å². The van der Waals surface area contributed by atoms with Crippen LogP contribution in [0.4, 0.5) is 15.8 Å². The summed E-state index contributed by atoms with van der Waals surface area (Å²) < 4.78 is 43.8. The third kappa shape index (κ3) is 5.09. The van der Waals surface area contributed by atoms with Gasteiger partial charge in [-0.3, -0.25) is 14.3 Å². The van der Waals surface area contributed by atoms with Crippen molar-refractivity contribution in [2.24, 2.45) is 0 Å². The maximum Gasteiger partial charge on any atom is 0.265 e. The van der Waals surface area contributed by atoms with Crippen LogP contribution in [0.25, 0.3) is 16.6 Å². The van der Waals surface area contributed by atoms with Gasteiger partial charge in [0.25, 0.3) is 5.56 Å². The summed E-state index contributed by atoms with van der Waals surface area (Å²) >= 11 is -1.56. The number of fused-ring (bicyclic) bond motifs is 1. The molecular formula is C27H26FN7O4S. The number of ether oxygens (including phenoxy) is 2. The Morgan fingerprint density at radius 3 is 2.50 bits per heavy atom. The second kappa shape index (κ2) is 11.3. The molecule has 5 aromatic rings. The zero-order valence-electron chi connectivity index (χ0n) is 22.2. The number of nitrogens with zero attached hydrogens (tertiary/aromatic N) is 7. The van der Waals surface area contributed by atoms with Crippen LogP contribution < -0.4 is 19.9 Å². The first-order chi connectivity index (χ1) is 19.3. The highest BCUT2D eigenvalue weighted by atomic mass is 32.2. The fourth-order valence-corrected chi connectivity index (χ4v) is 4.99. The number of halogens is 1. The fourth-order valence-electron chi connectivity index (χ4n) is 4.20. The molecule has 3 aromatic heterocycles. The zero-order chi connectivity index (χ0) is 28.4. The van der Waals surface area contributed by atoms with E-state index in [1.165, 1.54) is 51.7 Å². The van der Waals surface area contributed by atoms with Gasteiger partial charge in [-0.1, -0.05) is 0 Å². The van der Waals surface area contributed by atoms with Crippen LogP contribution in [0.15, 0.2) is 78.4 Å². The Morgan fingerprint density at radius 2 is 1.80 bits per heavy atom. The summed E-state index contributed by atoms with van der Waals surface area (Å²) in [6, 6.07) is 11.4. The average Bonchev–Trinajstić information content (AvgIpc) is 3.44. The Bertz CT molecular complexity index is 1710. The number of hydrogen-bond donors (Lipinski definition) is 0. The van der Waals surface area contributed by atoms with Crippen LogP contribution in [0.3, 0.4) is 0 Å². The van der Waals surface area contributed by atoms with Gasteiger partial charge >= 0.3 is 0 Å². The molecule has 0 N–H and O–H groups in total. The number of benzene rings is 2. The van der Waals surface area contributed by atoms with Crippen molar-refractivity contribution in [2.75, 3.05) is 33.2 Å². The summed E-state index contributed by atoms with van der Waals surface area (Å²) in [6.45, 7) is 0.00410. The normalized spacial score (nSPS) is 12.1. The molecule has 0 bridgehead atoms. The third-order valence-corrected chi connectivity index (χ3v) is 7.49. The highest BCUT2D eigenvalue weighted by molar-refractivity contribution is 7.87. The van der Waals surface area contributed by atoms with Gasteiger partial charge in [0.2, 0.25) is 0 Å². The molecule has 13 heteroatoms. The first-order valence-corrected chi connectivity index (χ1v) is 13.1. The van der Waals surface area contributed by atoms with Crippen molar-refractivity contribution in [1.82, 2.24) is 27.8 Å². The van der Waals surface area contributed by atoms with Crippen LogP contribution in [0, 0.1) is 5.82 Å². The van der Waals surface area contributed by atoms with Crippen LogP contribution in [-0.2, 0) is 18.1 Å². The molecule has 11 nitrogen and oxygen atoms in total. The van der Waals surface area contributed by atoms with Crippen LogP contribution in [-0.4, -0.2) is 60.7 Å². The molecule has 40 heavy (non-hydrogen) atoms. The van der Waals surface area contributed by atoms with Gasteiger partial charge in [-0.05, 0) is 30.3 Å². The van der Waals surface area contributed by atoms with Gasteiger partial charge < -0.3 is 18.9 Å². The lowest BCUT2D eigenvalue weighted by molar-refractivity contribution is 0.374. The Balaban J connectivity index is 1.70. The molecular weight excluding hydrogens is 537 g/mol. The smallest absolute Gasteiger partial charge is 0.265 e. The average molecular weight is 564 g/mol. The zero-order valence-corrected chi connectivity index (χ0v) is 23.0. The molecule has 0 spiro atoms. The Labute approximate surface area is 232 Å². The van der Waals surface area contributed by atoms with Gasteiger partial charge in [-0.25, -0.2) is 14.4 Å². The predicted octanol–water partition coefficient (Wildman–Crippen LogP) is 3.46. The maximum absolute atomic E-state index is 15.8. The number of rotatable bonds is 9. The van der Waals surface area contributed by atoms with E-state index in [2.05, 4.69) is 15.0 Å². The van der Waals surface area contributed by atoms with Crippen LogP contribution in [0.1, 0.15) is 5.82 Å². The van der Waals surface area contributed by atoms with Crippen molar-refractivity contribution < 1.29 is 18.4 Å². The molecule has 0 saturated heterocycles. The minimum atomic E-state index is -1.56. The third-order valence-electron chi connectivity index (χ3n) is 6.19. The second-order valence-electron chi connectivity index (χ2n) is 8.79. The predicted molar refractivity (Wildman–Crippen MR) is 150 cm³/mol. The quantitative estimate of drug-likeness (QED) is 0.249. The topological polar surface area (TPSA) is 114 Å². The number of imidazole rings is 1. The summed E-state index contributed by atoms with van der Waals surface area (Å²) in [5, 5.41) is 0.317. The summed E-state index contributed by atoms with van der Waals surface area (Å²) in [5.41, 5.74) is 1.35. The standard InChI is InChI=1S/C27H26FN7O4S/c1-32(2)40(37)35-12-11-30-25(35)16-33(23-14-20(38-3)15-24(39-4)26(23)28)19-5-6-22-21(13-19)27(36)34(17-31-22)18-7-9-29-10-8-18/h5-15,17H,16H2,1-4H3. The van der Waals surface area contributed by atoms with Gasteiger partial charge in [0.15, 0.2) is 28.9 Å². The lowest BCUT2D eigenvalue weighted by Gasteiger charge is -2.27. The molecule has 0 radical (unpaired) electrons. The monoisotopic (exact) mass is 563 g/mol. The molecule has 0 amide bonds. The van der Waals surface area contributed by atoms with E-state index in [1.54, 1.807) is 67.9 Å². The number of hydrogen-bond acceptors (Lipinski definition) is 9. The van der Waals surface area contributed by atoms with E-state index in [0.29, 0.717) is 33.9 Å². The minimum absolute atomic E-state index is 0.00410. The van der Waals surface area contributed by atoms with Crippen molar-refractivity contribution in [3.63, 3.8) is 0 Å². The van der Waals surface area contributed by atoms with E-state index < -0.39 is 17.4 Å². The van der Waals surface area contributed by atoms with Gasteiger partial charge in [0.1, 0.15) is 12.1 Å². The fraction of sp³-hybridized carbons (Fsp3) is 0.185. The molecule has 0 aliphatic heterocycles. The van der Waals surface area contributed by atoms with Crippen LogP contribution >= 0.6 is 0 Å². The number of aromatic nitrogens is 5. The number of methoxy groups -OCH3 is 2. The van der Waals surface area contributed by atoms with Gasteiger partial charge in [-0.2, -0.15) is 0 Å². The SMILES string of the molecule is COc1cc(OC)c(F)c(N(Cc2nccn2[S+]([O-])N(C)C)c2ccc3ncn(-c4ccncc4)c(=O)c3c2)c1. The summed E-state index contributed by atoms with van der Waals surface area (Å²) in [5.74, 6) is 0.0901. The molecule has 0 saturated carbocycles. The molecule has 0 fully saturated rings.